The zero-order valence-electron chi connectivity index (χ0n) is 16.6. The fraction of sp³-hybridized carbons (Fsp3) is 0.182. The third-order valence-corrected chi connectivity index (χ3v) is 5.73. The third-order valence-electron chi connectivity index (χ3n) is 4.43. The molecule has 1 heterocycles. The van der Waals surface area contributed by atoms with Crippen molar-refractivity contribution in [1.29, 1.82) is 0 Å². The second-order valence-corrected chi connectivity index (χ2v) is 7.81. The molecule has 2 aromatic carbocycles. The first-order valence-corrected chi connectivity index (χ1v) is 10.1. The number of hydrogen-bond donors (Lipinski definition) is 1. The summed E-state index contributed by atoms with van der Waals surface area (Å²) in [6.45, 7) is 4.13. The van der Waals surface area contributed by atoms with Gasteiger partial charge in [-0.1, -0.05) is 29.4 Å². The minimum atomic E-state index is -0.302. The highest BCUT2D eigenvalue weighted by Gasteiger charge is 2.17. The molecule has 0 saturated heterocycles. The van der Waals surface area contributed by atoms with Crippen LogP contribution in [0.5, 0.6) is 11.5 Å². The maximum absolute atomic E-state index is 13.0. The largest absolute Gasteiger partial charge is 0.495 e. The van der Waals surface area contributed by atoms with E-state index >= 15 is 0 Å². The number of rotatable bonds is 6. The van der Waals surface area contributed by atoms with Gasteiger partial charge in [-0.05, 0) is 55.3 Å². The van der Waals surface area contributed by atoms with Crippen LogP contribution in [-0.2, 0) is 0 Å². The number of ether oxygens (including phenoxy) is 2. The number of aromatic nitrogens is 1. The lowest BCUT2D eigenvalue weighted by Crippen LogP contribution is -2.14. The second kappa shape index (κ2) is 9.20. The van der Waals surface area contributed by atoms with Crippen LogP contribution >= 0.6 is 23.4 Å². The standard InChI is InChI=1S/C22H21ClN2O3S/c1-13-7-8-15(10-14(13)2)29-22-16(6-5-9-24-22)21(26)25-18-11-17(23)19(27-3)12-20(18)28-4/h5-12H,1-4H3,(H,25,26). The number of anilines is 1. The Kier molecular flexibility index (Phi) is 6.67. The first kappa shape index (κ1) is 21.0. The summed E-state index contributed by atoms with van der Waals surface area (Å²) >= 11 is 7.65. The number of halogens is 1. The van der Waals surface area contributed by atoms with Gasteiger partial charge in [0.15, 0.2) is 0 Å². The van der Waals surface area contributed by atoms with E-state index in [0.29, 0.717) is 32.8 Å². The predicted octanol–water partition coefficient (Wildman–Crippen LogP) is 5.77. The molecule has 1 aromatic heterocycles. The number of benzene rings is 2. The Morgan fingerprint density at radius 1 is 1.03 bits per heavy atom. The summed E-state index contributed by atoms with van der Waals surface area (Å²) in [5.41, 5.74) is 3.32. The molecule has 29 heavy (non-hydrogen) atoms. The fourth-order valence-electron chi connectivity index (χ4n) is 2.68. The molecule has 3 rings (SSSR count). The van der Waals surface area contributed by atoms with Crippen LogP contribution in [0.3, 0.4) is 0 Å². The molecule has 1 amide bonds. The van der Waals surface area contributed by atoms with E-state index in [0.717, 1.165) is 4.90 Å². The van der Waals surface area contributed by atoms with E-state index in [1.54, 1.807) is 30.5 Å². The Balaban J connectivity index is 1.89. The number of nitrogens with one attached hydrogen (secondary N) is 1. The van der Waals surface area contributed by atoms with Gasteiger partial charge in [0.25, 0.3) is 5.91 Å². The van der Waals surface area contributed by atoms with Crippen molar-refractivity contribution in [3.63, 3.8) is 0 Å². The van der Waals surface area contributed by atoms with Gasteiger partial charge >= 0.3 is 0 Å². The molecule has 7 heteroatoms. The van der Waals surface area contributed by atoms with E-state index in [4.69, 9.17) is 21.1 Å². The molecule has 3 aromatic rings. The van der Waals surface area contributed by atoms with Crippen molar-refractivity contribution in [1.82, 2.24) is 4.98 Å². The predicted molar refractivity (Wildman–Crippen MR) is 117 cm³/mol. The summed E-state index contributed by atoms with van der Waals surface area (Å²) in [5, 5.41) is 3.85. The smallest absolute Gasteiger partial charge is 0.258 e. The number of pyridine rings is 1. The van der Waals surface area contributed by atoms with Crippen LogP contribution in [0.25, 0.3) is 0 Å². The van der Waals surface area contributed by atoms with Gasteiger partial charge in [0.1, 0.15) is 16.5 Å². The lowest BCUT2D eigenvalue weighted by atomic mass is 10.1. The monoisotopic (exact) mass is 428 g/mol. The van der Waals surface area contributed by atoms with Crippen molar-refractivity contribution in [3.05, 3.63) is 70.4 Å². The maximum Gasteiger partial charge on any atom is 0.258 e. The normalized spacial score (nSPS) is 10.5. The summed E-state index contributed by atoms with van der Waals surface area (Å²) < 4.78 is 10.6. The van der Waals surface area contributed by atoms with Crippen LogP contribution in [0.1, 0.15) is 21.5 Å². The molecule has 0 aliphatic heterocycles. The molecule has 0 bridgehead atoms. The first-order chi connectivity index (χ1) is 13.9. The van der Waals surface area contributed by atoms with Crippen molar-refractivity contribution >= 4 is 35.0 Å². The van der Waals surface area contributed by atoms with E-state index in [9.17, 15) is 4.79 Å². The van der Waals surface area contributed by atoms with Gasteiger partial charge in [0.05, 0.1) is 30.5 Å². The quantitative estimate of drug-likeness (QED) is 0.539. The Bertz CT molecular complexity index is 1060. The highest BCUT2D eigenvalue weighted by molar-refractivity contribution is 7.99. The molecule has 0 radical (unpaired) electrons. The van der Waals surface area contributed by atoms with Crippen LogP contribution in [0, 0.1) is 13.8 Å². The number of carbonyl (C=O) groups is 1. The third kappa shape index (κ3) is 4.83. The Labute approximate surface area is 179 Å². The molecule has 150 valence electrons. The molecule has 1 N–H and O–H groups in total. The van der Waals surface area contributed by atoms with E-state index < -0.39 is 0 Å². The zero-order chi connectivity index (χ0) is 21.0. The summed E-state index contributed by atoms with van der Waals surface area (Å²) in [4.78, 5) is 18.4. The van der Waals surface area contributed by atoms with Crippen molar-refractivity contribution in [2.24, 2.45) is 0 Å². The highest BCUT2D eigenvalue weighted by Crippen LogP contribution is 2.37. The molecule has 0 aliphatic rings. The number of carbonyl (C=O) groups excluding carboxylic acids is 1. The first-order valence-electron chi connectivity index (χ1n) is 8.86. The fourth-order valence-corrected chi connectivity index (χ4v) is 3.90. The molecule has 5 nitrogen and oxygen atoms in total. The molecular formula is C22H21ClN2O3S. The lowest BCUT2D eigenvalue weighted by molar-refractivity contribution is 0.102. The van der Waals surface area contributed by atoms with E-state index in [1.807, 2.05) is 6.07 Å². The molecule has 0 atom stereocenters. The average Bonchev–Trinajstić information content (AvgIpc) is 2.71. The number of aryl methyl sites for hydroxylation is 2. The van der Waals surface area contributed by atoms with Gasteiger partial charge in [-0.25, -0.2) is 4.98 Å². The minimum absolute atomic E-state index is 0.302. The topological polar surface area (TPSA) is 60.5 Å². The van der Waals surface area contributed by atoms with Gasteiger partial charge in [0, 0.05) is 17.2 Å². The van der Waals surface area contributed by atoms with Crippen molar-refractivity contribution in [3.8, 4) is 11.5 Å². The number of amides is 1. The van der Waals surface area contributed by atoms with Crippen LogP contribution in [0.15, 0.2) is 58.6 Å². The molecule has 0 unspecified atom stereocenters. The van der Waals surface area contributed by atoms with Gasteiger partial charge in [-0.15, -0.1) is 0 Å². The number of hydrogen-bond acceptors (Lipinski definition) is 5. The van der Waals surface area contributed by atoms with Crippen molar-refractivity contribution < 1.29 is 14.3 Å². The summed E-state index contributed by atoms with van der Waals surface area (Å²) in [7, 11) is 3.04. The van der Waals surface area contributed by atoms with Gasteiger partial charge in [-0.2, -0.15) is 0 Å². The Morgan fingerprint density at radius 3 is 2.48 bits per heavy atom. The van der Waals surface area contributed by atoms with Crippen LogP contribution in [0.2, 0.25) is 5.02 Å². The molecule has 0 saturated carbocycles. The molecule has 0 spiro atoms. The molecular weight excluding hydrogens is 408 g/mol. The lowest BCUT2D eigenvalue weighted by Gasteiger charge is -2.14. The number of methoxy groups -OCH3 is 2. The van der Waals surface area contributed by atoms with E-state index in [1.165, 1.54) is 37.1 Å². The van der Waals surface area contributed by atoms with E-state index in [2.05, 4.69) is 36.3 Å². The van der Waals surface area contributed by atoms with Crippen molar-refractivity contribution in [2.75, 3.05) is 19.5 Å². The van der Waals surface area contributed by atoms with Gasteiger partial charge in [-0.3, -0.25) is 4.79 Å². The Morgan fingerprint density at radius 2 is 1.79 bits per heavy atom. The van der Waals surface area contributed by atoms with Crippen LogP contribution in [0.4, 0.5) is 5.69 Å². The van der Waals surface area contributed by atoms with Gasteiger partial charge in [0.2, 0.25) is 0 Å². The molecule has 0 aliphatic carbocycles. The zero-order valence-corrected chi connectivity index (χ0v) is 18.1. The highest BCUT2D eigenvalue weighted by atomic mass is 35.5. The minimum Gasteiger partial charge on any atom is -0.495 e. The second-order valence-electron chi connectivity index (χ2n) is 6.35. The average molecular weight is 429 g/mol. The van der Waals surface area contributed by atoms with Gasteiger partial charge < -0.3 is 14.8 Å². The Hall–Kier alpha value is -2.70. The SMILES string of the molecule is COc1cc(OC)c(NC(=O)c2cccnc2Sc2ccc(C)c(C)c2)cc1Cl. The van der Waals surface area contributed by atoms with Crippen LogP contribution in [-0.4, -0.2) is 25.1 Å². The summed E-state index contributed by atoms with van der Waals surface area (Å²) in [6.07, 6.45) is 1.67. The van der Waals surface area contributed by atoms with Crippen LogP contribution < -0.4 is 14.8 Å². The van der Waals surface area contributed by atoms with E-state index in [-0.39, 0.29) is 5.91 Å². The summed E-state index contributed by atoms with van der Waals surface area (Å²) in [6, 6.07) is 12.9. The maximum atomic E-state index is 13.0. The molecule has 0 fully saturated rings. The number of nitrogens with zero attached hydrogens (tertiary/aromatic N) is 1. The summed E-state index contributed by atoms with van der Waals surface area (Å²) in [5.74, 6) is 0.615. The van der Waals surface area contributed by atoms with Crippen molar-refractivity contribution in [2.45, 2.75) is 23.8 Å².